The van der Waals surface area contributed by atoms with E-state index in [0.29, 0.717) is 5.03 Å². The van der Waals surface area contributed by atoms with Gasteiger partial charge in [0.2, 0.25) is 0 Å². The second kappa shape index (κ2) is 5.61. The molecule has 0 unspecified atom stereocenters. The van der Waals surface area contributed by atoms with Crippen LogP contribution in [0, 0.1) is 10.1 Å². The largest absolute Gasteiger partial charge is 0.392 e. The van der Waals surface area contributed by atoms with Crippen molar-refractivity contribution in [2.24, 2.45) is 0 Å². The van der Waals surface area contributed by atoms with Gasteiger partial charge >= 0.3 is 5.69 Å². The van der Waals surface area contributed by atoms with Gasteiger partial charge in [-0.25, -0.2) is 4.98 Å². The minimum atomic E-state index is -0.447. The third-order valence-electron chi connectivity index (χ3n) is 2.27. The van der Waals surface area contributed by atoms with Gasteiger partial charge in [-0.1, -0.05) is 23.9 Å². The maximum absolute atomic E-state index is 10.8. The molecule has 0 atom stereocenters. The lowest BCUT2D eigenvalue weighted by atomic mass is 10.2. The Morgan fingerprint density at radius 3 is 2.61 bits per heavy atom. The summed E-state index contributed by atoms with van der Waals surface area (Å²) in [6.07, 6.45) is 1.53. The standard InChI is InChI=1S/C12H10N2O3S/c15-8-9-3-5-10(6-4-9)18-12-11(14(16)17)2-1-7-13-12/h1-7,15H,8H2. The van der Waals surface area contributed by atoms with E-state index in [1.807, 2.05) is 0 Å². The molecule has 0 aliphatic heterocycles. The van der Waals surface area contributed by atoms with Gasteiger partial charge in [0.1, 0.15) is 0 Å². The molecule has 0 spiro atoms. The first-order valence-corrected chi connectivity index (χ1v) is 5.99. The molecule has 92 valence electrons. The molecule has 0 saturated carbocycles. The van der Waals surface area contributed by atoms with Crippen molar-refractivity contribution in [2.75, 3.05) is 0 Å². The highest BCUT2D eigenvalue weighted by molar-refractivity contribution is 7.99. The molecule has 0 amide bonds. The van der Waals surface area contributed by atoms with Crippen LogP contribution in [-0.2, 0) is 6.61 Å². The zero-order valence-corrected chi connectivity index (χ0v) is 10.1. The van der Waals surface area contributed by atoms with Crippen LogP contribution in [-0.4, -0.2) is 15.0 Å². The second-order valence-electron chi connectivity index (χ2n) is 3.49. The molecule has 2 rings (SSSR count). The highest BCUT2D eigenvalue weighted by Crippen LogP contribution is 2.32. The van der Waals surface area contributed by atoms with Crippen molar-refractivity contribution in [3.63, 3.8) is 0 Å². The van der Waals surface area contributed by atoms with Crippen LogP contribution in [0.4, 0.5) is 5.69 Å². The third-order valence-corrected chi connectivity index (χ3v) is 3.28. The predicted molar refractivity (Wildman–Crippen MR) is 67.4 cm³/mol. The quantitative estimate of drug-likeness (QED) is 0.677. The lowest BCUT2D eigenvalue weighted by Gasteiger charge is -2.02. The van der Waals surface area contributed by atoms with Crippen molar-refractivity contribution in [3.05, 3.63) is 58.3 Å². The van der Waals surface area contributed by atoms with Crippen LogP contribution < -0.4 is 0 Å². The Bertz CT molecular complexity index is 558. The van der Waals surface area contributed by atoms with E-state index in [1.165, 1.54) is 30.1 Å². The molecule has 6 heteroatoms. The maximum Gasteiger partial charge on any atom is 0.301 e. The lowest BCUT2D eigenvalue weighted by molar-refractivity contribution is -0.388. The molecule has 0 saturated heterocycles. The fourth-order valence-corrected chi connectivity index (χ4v) is 2.23. The van der Waals surface area contributed by atoms with Gasteiger partial charge in [-0.2, -0.15) is 0 Å². The molecular weight excluding hydrogens is 252 g/mol. The van der Waals surface area contributed by atoms with E-state index >= 15 is 0 Å². The lowest BCUT2D eigenvalue weighted by Crippen LogP contribution is -1.92. The molecular formula is C12H10N2O3S. The molecule has 18 heavy (non-hydrogen) atoms. The van der Waals surface area contributed by atoms with Crippen molar-refractivity contribution in [3.8, 4) is 0 Å². The van der Waals surface area contributed by atoms with Crippen LogP contribution in [0.15, 0.2) is 52.5 Å². The highest BCUT2D eigenvalue weighted by Gasteiger charge is 2.14. The van der Waals surface area contributed by atoms with Gasteiger partial charge in [-0.05, 0) is 23.8 Å². The first kappa shape index (κ1) is 12.5. The third kappa shape index (κ3) is 2.85. The Morgan fingerprint density at radius 1 is 1.28 bits per heavy atom. The fourth-order valence-electron chi connectivity index (χ4n) is 1.37. The van der Waals surface area contributed by atoms with Gasteiger partial charge in [-0.15, -0.1) is 0 Å². The van der Waals surface area contributed by atoms with E-state index in [9.17, 15) is 10.1 Å². The number of hydrogen-bond acceptors (Lipinski definition) is 5. The smallest absolute Gasteiger partial charge is 0.301 e. The average Bonchev–Trinajstić information content (AvgIpc) is 2.40. The summed E-state index contributed by atoms with van der Waals surface area (Å²) in [6, 6.07) is 10.1. The number of nitro groups is 1. The topological polar surface area (TPSA) is 76.3 Å². The molecule has 1 N–H and O–H groups in total. The molecule has 2 aromatic rings. The van der Waals surface area contributed by atoms with Gasteiger partial charge in [0.15, 0.2) is 5.03 Å². The van der Waals surface area contributed by atoms with E-state index in [4.69, 9.17) is 5.11 Å². The van der Waals surface area contributed by atoms with Gasteiger partial charge in [0, 0.05) is 17.2 Å². The van der Waals surface area contributed by atoms with Crippen LogP contribution in [0.2, 0.25) is 0 Å². The van der Waals surface area contributed by atoms with Gasteiger partial charge in [0.25, 0.3) is 0 Å². The molecule has 0 radical (unpaired) electrons. The summed E-state index contributed by atoms with van der Waals surface area (Å²) in [7, 11) is 0. The number of rotatable bonds is 4. The predicted octanol–water partition coefficient (Wildman–Crippen LogP) is 2.63. The van der Waals surface area contributed by atoms with E-state index in [2.05, 4.69) is 4.98 Å². The zero-order valence-electron chi connectivity index (χ0n) is 9.31. The Hall–Kier alpha value is -1.92. The van der Waals surface area contributed by atoms with Gasteiger partial charge in [0.05, 0.1) is 11.5 Å². The summed E-state index contributed by atoms with van der Waals surface area (Å²) in [5.74, 6) is 0. The van der Waals surface area contributed by atoms with Crippen molar-refractivity contribution in [1.82, 2.24) is 4.98 Å². The number of pyridine rings is 1. The van der Waals surface area contributed by atoms with Crippen molar-refractivity contribution < 1.29 is 10.0 Å². The first-order valence-electron chi connectivity index (χ1n) is 5.18. The number of hydrogen-bond donors (Lipinski definition) is 1. The van der Waals surface area contributed by atoms with Gasteiger partial charge in [-0.3, -0.25) is 10.1 Å². The minimum absolute atomic E-state index is 0.00580. The summed E-state index contributed by atoms with van der Waals surface area (Å²) < 4.78 is 0. The molecule has 1 aromatic heterocycles. The number of aliphatic hydroxyl groups is 1. The van der Waals surface area contributed by atoms with Gasteiger partial charge < -0.3 is 5.11 Å². The Labute approximate surface area is 108 Å². The molecule has 1 heterocycles. The molecule has 0 aliphatic rings. The highest BCUT2D eigenvalue weighted by atomic mass is 32.2. The Morgan fingerprint density at radius 2 is 2.00 bits per heavy atom. The number of benzene rings is 1. The molecule has 5 nitrogen and oxygen atoms in total. The average molecular weight is 262 g/mol. The molecule has 0 fully saturated rings. The van der Waals surface area contributed by atoms with Crippen LogP contribution >= 0.6 is 11.8 Å². The Kier molecular flexibility index (Phi) is 3.91. The summed E-state index contributed by atoms with van der Waals surface area (Å²) in [4.78, 5) is 15.2. The van der Waals surface area contributed by atoms with E-state index in [-0.39, 0.29) is 12.3 Å². The summed E-state index contributed by atoms with van der Waals surface area (Å²) >= 11 is 1.23. The summed E-state index contributed by atoms with van der Waals surface area (Å²) in [6.45, 7) is -0.0192. The number of aromatic nitrogens is 1. The van der Waals surface area contributed by atoms with Crippen molar-refractivity contribution in [1.29, 1.82) is 0 Å². The van der Waals surface area contributed by atoms with Crippen LogP contribution in [0.25, 0.3) is 0 Å². The summed E-state index contributed by atoms with van der Waals surface area (Å²) in [5.41, 5.74) is 0.795. The van der Waals surface area contributed by atoms with Crippen LogP contribution in [0.1, 0.15) is 5.56 Å². The first-order chi connectivity index (χ1) is 8.70. The Balaban J connectivity index is 2.25. The van der Waals surface area contributed by atoms with E-state index in [0.717, 1.165) is 10.5 Å². The van der Waals surface area contributed by atoms with E-state index in [1.54, 1.807) is 24.3 Å². The van der Waals surface area contributed by atoms with Crippen LogP contribution in [0.5, 0.6) is 0 Å². The zero-order chi connectivity index (χ0) is 13.0. The van der Waals surface area contributed by atoms with Crippen molar-refractivity contribution >= 4 is 17.4 Å². The second-order valence-corrected chi connectivity index (χ2v) is 4.55. The minimum Gasteiger partial charge on any atom is -0.392 e. The van der Waals surface area contributed by atoms with Crippen molar-refractivity contribution in [2.45, 2.75) is 16.5 Å². The normalized spacial score (nSPS) is 10.3. The molecule has 0 aliphatic carbocycles. The SMILES string of the molecule is O=[N+]([O-])c1cccnc1Sc1ccc(CO)cc1. The monoisotopic (exact) mass is 262 g/mol. The fraction of sp³-hybridized carbons (Fsp3) is 0.0833. The summed E-state index contributed by atoms with van der Waals surface area (Å²) in [5, 5.41) is 20.1. The molecule has 0 bridgehead atoms. The number of aliphatic hydroxyl groups excluding tert-OH is 1. The number of nitrogens with zero attached hydrogens (tertiary/aromatic N) is 2. The van der Waals surface area contributed by atoms with Crippen LogP contribution in [0.3, 0.4) is 0 Å². The molecule has 1 aromatic carbocycles. The van der Waals surface area contributed by atoms with E-state index < -0.39 is 4.92 Å². The maximum atomic E-state index is 10.8.